The zero-order valence-electron chi connectivity index (χ0n) is 26.8. The van der Waals surface area contributed by atoms with Crippen molar-refractivity contribution in [1.82, 2.24) is 4.90 Å². The molecule has 1 unspecified atom stereocenters. The monoisotopic (exact) mass is 601 g/mol. The zero-order valence-corrected chi connectivity index (χ0v) is 27.6. The number of benzene rings is 2. The van der Waals surface area contributed by atoms with Crippen molar-refractivity contribution in [3.05, 3.63) is 71.8 Å². The van der Waals surface area contributed by atoms with Crippen LogP contribution in [0.2, 0.25) is 0 Å². The van der Waals surface area contributed by atoms with E-state index in [-0.39, 0.29) is 24.5 Å². The standard InChI is InChI=1S/C37H59NO3.ClH/c1-3-4-5-6-7-8-9-10-11-12-13-14-15-16-17-24-29-40-33-37(41-34(2)39)32-38(30-35-25-20-18-21-26-35)31-36-27-22-19-23-28-36;/h18-23,25-28,37H,3-17,24,29-33H2,1-2H3;1H. The third-order valence-electron chi connectivity index (χ3n) is 7.74. The van der Waals surface area contributed by atoms with Crippen LogP contribution in [0.15, 0.2) is 60.7 Å². The maximum Gasteiger partial charge on any atom is 0.303 e. The van der Waals surface area contributed by atoms with Gasteiger partial charge >= 0.3 is 5.97 Å². The van der Waals surface area contributed by atoms with Crippen molar-refractivity contribution >= 4 is 18.4 Å². The maximum atomic E-state index is 11.8. The highest BCUT2D eigenvalue weighted by molar-refractivity contribution is 5.85. The van der Waals surface area contributed by atoms with Crippen LogP contribution in [-0.4, -0.2) is 36.7 Å². The minimum Gasteiger partial charge on any atom is -0.459 e. The molecule has 2 rings (SSSR count). The Balaban J connectivity index is 0.00000882. The predicted molar refractivity (Wildman–Crippen MR) is 180 cm³/mol. The first kappa shape index (κ1) is 38.1. The summed E-state index contributed by atoms with van der Waals surface area (Å²) >= 11 is 0. The zero-order chi connectivity index (χ0) is 29.2. The van der Waals surface area contributed by atoms with Gasteiger partial charge in [0.1, 0.15) is 6.10 Å². The van der Waals surface area contributed by atoms with Gasteiger partial charge in [-0.2, -0.15) is 0 Å². The van der Waals surface area contributed by atoms with E-state index in [1.165, 1.54) is 114 Å². The van der Waals surface area contributed by atoms with E-state index in [4.69, 9.17) is 9.47 Å². The van der Waals surface area contributed by atoms with E-state index in [1.54, 1.807) is 0 Å². The van der Waals surface area contributed by atoms with Gasteiger partial charge in [-0.15, -0.1) is 12.4 Å². The number of rotatable bonds is 26. The summed E-state index contributed by atoms with van der Waals surface area (Å²) in [5.41, 5.74) is 2.50. The van der Waals surface area contributed by atoms with Crippen LogP contribution in [0.5, 0.6) is 0 Å². The van der Waals surface area contributed by atoms with E-state index < -0.39 is 0 Å². The number of esters is 1. The van der Waals surface area contributed by atoms with E-state index in [2.05, 4.69) is 60.4 Å². The van der Waals surface area contributed by atoms with Crippen LogP contribution in [0.25, 0.3) is 0 Å². The molecule has 1 atom stereocenters. The fourth-order valence-corrected chi connectivity index (χ4v) is 5.48. The summed E-state index contributed by atoms with van der Waals surface area (Å²) in [5, 5.41) is 0. The first-order valence-corrected chi connectivity index (χ1v) is 16.7. The van der Waals surface area contributed by atoms with Gasteiger partial charge in [0.15, 0.2) is 0 Å². The molecule has 2 aromatic carbocycles. The van der Waals surface area contributed by atoms with Crippen molar-refractivity contribution in [2.75, 3.05) is 19.8 Å². The predicted octanol–water partition coefficient (Wildman–Crippen LogP) is 10.3. The average Bonchev–Trinajstić information content (AvgIpc) is 2.97. The molecule has 5 heteroatoms. The molecule has 0 N–H and O–H groups in total. The molecule has 0 aliphatic heterocycles. The van der Waals surface area contributed by atoms with Crippen LogP contribution >= 0.6 is 12.4 Å². The van der Waals surface area contributed by atoms with Crippen LogP contribution in [0.3, 0.4) is 0 Å². The lowest BCUT2D eigenvalue weighted by molar-refractivity contribution is -0.150. The fourth-order valence-electron chi connectivity index (χ4n) is 5.48. The summed E-state index contributed by atoms with van der Waals surface area (Å²) in [6.07, 6.45) is 21.6. The molecule has 238 valence electrons. The van der Waals surface area contributed by atoms with Crippen LogP contribution in [0.4, 0.5) is 0 Å². The lowest BCUT2D eigenvalue weighted by atomic mass is 10.0. The molecular weight excluding hydrogens is 542 g/mol. The van der Waals surface area contributed by atoms with Gasteiger partial charge in [0.25, 0.3) is 0 Å². The van der Waals surface area contributed by atoms with E-state index in [9.17, 15) is 4.79 Å². The van der Waals surface area contributed by atoms with Crippen molar-refractivity contribution in [3.63, 3.8) is 0 Å². The minimum absolute atomic E-state index is 0. The molecule has 0 saturated carbocycles. The topological polar surface area (TPSA) is 38.8 Å². The Labute approximate surface area is 264 Å². The summed E-state index contributed by atoms with van der Waals surface area (Å²) < 4.78 is 11.7. The Hall–Kier alpha value is -1.88. The molecule has 0 aliphatic carbocycles. The molecule has 0 aromatic heterocycles. The molecule has 0 bridgehead atoms. The number of carbonyl (C=O) groups excluding carboxylic acids is 1. The summed E-state index contributed by atoms with van der Waals surface area (Å²) in [5.74, 6) is -0.250. The second kappa shape index (κ2) is 26.7. The quantitative estimate of drug-likeness (QED) is 0.0794. The number of unbranched alkanes of at least 4 members (excludes halogenated alkanes) is 15. The first-order chi connectivity index (χ1) is 20.2. The third kappa shape index (κ3) is 20.9. The third-order valence-corrected chi connectivity index (χ3v) is 7.74. The van der Waals surface area contributed by atoms with Crippen molar-refractivity contribution < 1.29 is 14.3 Å². The van der Waals surface area contributed by atoms with Crippen molar-refractivity contribution in [2.24, 2.45) is 0 Å². The van der Waals surface area contributed by atoms with Crippen molar-refractivity contribution in [2.45, 2.75) is 136 Å². The summed E-state index contributed by atoms with van der Waals surface area (Å²) in [7, 11) is 0. The number of halogens is 1. The van der Waals surface area contributed by atoms with Gasteiger partial charge in [-0.05, 0) is 17.5 Å². The number of ether oxygens (including phenoxy) is 2. The Bertz CT molecular complexity index is 822. The smallest absolute Gasteiger partial charge is 0.303 e. The van der Waals surface area contributed by atoms with Crippen LogP contribution in [0, 0.1) is 0 Å². The molecule has 0 radical (unpaired) electrons. The van der Waals surface area contributed by atoms with Gasteiger partial charge in [-0.25, -0.2) is 0 Å². The Morgan fingerprint density at radius 2 is 1.05 bits per heavy atom. The highest BCUT2D eigenvalue weighted by atomic mass is 35.5. The van der Waals surface area contributed by atoms with Gasteiger partial charge < -0.3 is 9.47 Å². The van der Waals surface area contributed by atoms with Gasteiger partial charge in [0.05, 0.1) is 6.61 Å². The van der Waals surface area contributed by atoms with E-state index in [0.717, 1.165) is 26.1 Å². The van der Waals surface area contributed by atoms with Crippen molar-refractivity contribution in [3.8, 4) is 0 Å². The average molecular weight is 602 g/mol. The number of hydrogen-bond acceptors (Lipinski definition) is 4. The van der Waals surface area contributed by atoms with Gasteiger partial charge in [0.2, 0.25) is 0 Å². The SMILES string of the molecule is CCCCCCCCCCCCCCCCCCOCC(CN(Cc1ccccc1)Cc1ccccc1)OC(C)=O.Cl. The van der Waals surface area contributed by atoms with E-state index in [1.807, 2.05) is 12.1 Å². The maximum absolute atomic E-state index is 11.8. The van der Waals surface area contributed by atoms with Crippen LogP contribution in [0.1, 0.15) is 128 Å². The van der Waals surface area contributed by atoms with Gasteiger partial charge in [-0.1, -0.05) is 164 Å². The minimum atomic E-state index is -0.277. The molecule has 0 fully saturated rings. The molecule has 0 aliphatic rings. The first-order valence-electron chi connectivity index (χ1n) is 16.7. The summed E-state index contributed by atoms with van der Waals surface area (Å²) in [6.45, 7) is 7.18. The second-order valence-electron chi connectivity index (χ2n) is 11.8. The molecular formula is C37H60ClNO3. The largest absolute Gasteiger partial charge is 0.459 e. The molecule has 0 spiro atoms. The van der Waals surface area contributed by atoms with Crippen LogP contribution in [-0.2, 0) is 27.4 Å². The second-order valence-corrected chi connectivity index (χ2v) is 11.8. The Morgan fingerprint density at radius 1 is 0.643 bits per heavy atom. The Morgan fingerprint density at radius 3 is 1.45 bits per heavy atom. The van der Waals surface area contributed by atoms with E-state index in [0.29, 0.717) is 13.2 Å². The molecule has 4 nitrogen and oxygen atoms in total. The van der Waals surface area contributed by atoms with Crippen molar-refractivity contribution in [1.29, 1.82) is 0 Å². The molecule has 2 aromatic rings. The number of nitrogens with zero attached hydrogens (tertiary/aromatic N) is 1. The fraction of sp³-hybridized carbons (Fsp3) is 0.649. The number of hydrogen-bond donors (Lipinski definition) is 0. The molecule has 0 heterocycles. The Kier molecular flexibility index (Phi) is 24.3. The molecule has 0 amide bonds. The van der Waals surface area contributed by atoms with E-state index >= 15 is 0 Å². The van der Waals surface area contributed by atoms with Crippen LogP contribution < -0.4 is 0 Å². The number of carbonyl (C=O) groups is 1. The molecule has 42 heavy (non-hydrogen) atoms. The highest BCUT2D eigenvalue weighted by Crippen LogP contribution is 2.15. The normalized spacial score (nSPS) is 11.8. The summed E-state index contributed by atoms with van der Waals surface area (Å²) in [4.78, 5) is 14.2. The lowest BCUT2D eigenvalue weighted by Crippen LogP contribution is -2.37. The molecule has 0 saturated heterocycles. The van der Waals surface area contributed by atoms with Gasteiger partial charge in [0, 0.05) is 33.2 Å². The van der Waals surface area contributed by atoms with Gasteiger partial charge in [-0.3, -0.25) is 9.69 Å². The lowest BCUT2D eigenvalue weighted by Gasteiger charge is -2.27. The highest BCUT2D eigenvalue weighted by Gasteiger charge is 2.18. The summed E-state index contributed by atoms with van der Waals surface area (Å²) in [6, 6.07) is 20.9.